The van der Waals surface area contributed by atoms with Crippen molar-refractivity contribution in [3.8, 4) is 17.2 Å². The number of carbonyl (C=O) groups excluding carboxylic acids is 2. The Balaban J connectivity index is 1.38. The van der Waals surface area contributed by atoms with Gasteiger partial charge in [-0.3, -0.25) is 9.59 Å². The molecule has 1 aliphatic rings. The van der Waals surface area contributed by atoms with E-state index in [2.05, 4.69) is 28.5 Å². The van der Waals surface area contributed by atoms with Crippen molar-refractivity contribution in [2.45, 2.75) is 6.42 Å². The molecule has 0 unspecified atom stereocenters. The lowest BCUT2D eigenvalue weighted by atomic mass is 9.99. The Kier molecular flexibility index (Phi) is 6.53. The van der Waals surface area contributed by atoms with Crippen molar-refractivity contribution in [1.82, 2.24) is 15.2 Å². The number of H-pyrrole nitrogens is 1. The maximum atomic E-state index is 12.7. The van der Waals surface area contributed by atoms with E-state index >= 15 is 0 Å². The summed E-state index contributed by atoms with van der Waals surface area (Å²) < 4.78 is 15.9. The van der Waals surface area contributed by atoms with Crippen LogP contribution in [0.1, 0.15) is 22.3 Å². The molecule has 8 nitrogen and oxygen atoms in total. The van der Waals surface area contributed by atoms with Crippen molar-refractivity contribution in [2.24, 2.45) is 0 Å². The lowest BCUT2D eigenvalue weighted by Gasteiger charge is -2.26. The molecule has 8 heteroatoms. The van der Waals surface area contributed by atoms with Gasteiger partial charge in [0.05, 0.1) is 27.9 Å². The zero-order valence-corrected chi connectivity index (χ0v) is 18.9. The van der Waals surface area contributed by atoms with Crippen molar-refractivity contribution in [3.63, 3.8) is 0 Å². The van der Waals surface area contributed by atoms with E-state index in [1.165, 1.54) is 37.9 Å². The minimum absolute atomic E-state index is 0.0915. The molecule has 0 atom stereocenters. The van der Waals surface area contributed by atoms with E-state index in [-0.39, 0.29) is 12.5 Å². The fraction of sp³-hybridized carbons (Fsp3) is 0.280. The number of hydrogen-bond acceptors (Lipinski definition) is 5. The molecule has 2 heterocycles. The van der Waals surface area contributed by atoms with E-state index in [1.807, 2.05) is 18.3 Å². The normalized spacial score (nSPS) is 13.4. The Bertz CT molecular complexity index is 1190. The predicted molar refractivity (Wildman–Crippen MR) is 126 cm³/mol. The second-order valence-corrected chi connectivity index (χ2v) is 7.66. The number of hydrogen-bond donors (Lipinski definition) is 2. The highest BCUT2D eigenvalue weighted by Gasteiger charge is 2.21. The predicted octanol–water partition coefficient (Wildman–Crippen LogP) is 3.24. The molecule has 1 aromatic heterocycles. The van der Waals surface area contributed by atoms with Crippen LogP contribution in [0.5, 0.6) is 17.2 Å². The SMILES string of the molecule is COc1cc(C(=O)NCC(=O)N2CC=C(c3c[nH]c4ccccc34)CC2)cc(OC)c1OC. The number of para-hydroxylation sites is 1. The molecule has 0 aliphatic carbocycles. The van der Waals surface area contributed by atoms with Crippen LogP contribution in [0.3, 0.4) is 0 Å². The Hall–Kier alpha value is -3.94. The largest absolute Gasteiger partial charge is 0.493 e. The quantitative estimate of drug-likeness (QED) is 0.578. The van der Waals surface area contributed by atoms with Gasteiger partial charge in [-0.25, -0.2) is 0 Å². The number of nitrogens with one attached hydrogen (secondary N) is 2. The summed E-state index contributed by atoms with van der Waals surface area (Å²) in [5.41, 5.74) is 3.81. The van der Waals surface area contributed by atoms with Crippen LogP contribution >= 0.6 is 0 Å². The summed E-state index contributed by atoms with van der Waals surface area (Å²) in [5, 5.41) is 3.87. The van der Waals surface area contributed by atoms with Gasteiger partial charge < -0.3 is 29.4 Å². The summed E-state index contributed by atoms with van der Waals surface area (Å²) in [5.74, 6) is 0.622. The summed E-state index contributed by atoms with van der Waals surface area (Å²) in [6.45, 7) is 1.02. The number of benzene rings is 2. The molecule has 2 aromatic carbocycles. The molecule has 0 radical (unpaired) electrons. The highest BCUT2D eigenvalue weighted by molar-refractivity contribution is 5.98. The molecule has 1 aliphatic heterocycles. The maximum absolute atomic E-state index is 12.7. The van der Waals surface area contributed by atoms with Gasteiger partial charge in [0.25, 0.3) is 5.91 Å². The van der Waals surface area contributed by atoms with Gasteiger partial charge in [-0.2, -0.15) is 0 Å². The molecule has 172 valence electrons. The third-order valence-electron chi connectivity index (χ3n) is 5.82. The first-order valence-corrected chi connectivity index (χ1v) is 10.7. The first kappa shape index (κ1) is 22.3. The fourth-order valence-electron chi connectivity index (χ4n) is 4.06. The molecular weight excluding hydrogens is 422 g/mol. The van der Waals surface area contributed by atoms with Gasteiger partial charge in [-0.15, -0.1) is 0 Å². The summed E-state index contributed by atoms with van der Waals surface area (Å²) in [6.07, 6.45) is 4.86. The summed E-state index contributed by atoms with van der Waals surface area (Å²) in [7, 11) is 4.46. The number of fused-ring (bicyclic) bond motifs is 1. The van der Waals surface area contributed by atoms with Crippen molar-refractivity contribution in [1.29, 1.82) is 0 Å². The first-order valence-electron chi connectivity index (χ1n) is 10.7. The smallest absolute Gasteiger partial charge is 0.251 e. The number of ether oxygens (including phenoxy) is 3. The van der Waals surface area contributed by atoms with E-state index in [0.29, 0.717) is 35.9 Å². The minimum atomic E-state index is -0.394. The van der Waals surface area contributed by atoms with E-state index in [9.17, 15) is 9.59 Å². The minimum Gasteiger partial charge on any atom is -0.493 e. The zero-order chi connectivity index (χ0) is 23.4. The molecule has 2 amide bonds. The Morgan fingerprint density at radius 2 is 1.79 bits per heavy atom. The number of aromatic nitrogens is 1. The van der Waals surface area contributed by atoms with Gasteiger partial charge in [0.1, 0.15) is 0 Å². The molecule has 0 spiro atoms. The van der Waals surface area contributed by atoms with Crippen molar-refractivity contribution in [3.05, 3.63) is 59.8 Å². The van der Waals surface area contributed by atoms with E-state index in [4.69, 9.17) is 14.2 Å². The van der Waals surface area contributed by atoms with Crippen molar-refractivity contribution in [2.75, 3.05) is 41.0 Å². The second-order valence-electron chi connectivity index (χ2n) is 7.66. The lowest BCUT2D eigenvalue weighted by molar-refractivity contribution is -0.129. The van der Waals surface area contributed by atoms with Crippen LogP contribution in [-0.2, 0) is 4.79 Å². The van der Waals surface area contributed by atoms with Gasteiger partial charge in [0.15, 0.2) is 11.5 Å². The third kappa shape index (κ3) is 4.50. The molecule has 0 saturated carbocycles. The van der Waals surface area contributed by atoms with E-state index < -0.39 is 5.91 Å². The van der Waals surface area contributed by atoms with E-state index in [0.717, 1.165) is 11.9 Å². The number of amides is 2. The zero-order valence-electron chi connectivity index (χ0n) is 18.9. The van der Waals surface area contributed by atoms with Gasteiger partial charge in [0.2, 0.25) is 11.7 Å². The van der Waals surface area contributed by atoms with Gasteiger partial charge >= 0.3 is 0 Å². The Labute approximate surface area is 192 Å². The van der Waals surface area contributed by atoms with Crippen molar-refractivity contribution < 1.29 is 23.8 Å². The summed E-state index contributed by atoms with van der Waals surface area (Å²) in [4.78, 5) is 30.4. The molecular formula is C25H27N3O5. The highest BCUT2D eigenvalue weighted by atomic mass is 16.5. The lowest BCUT2D eigenvalue weighted by Crippen LogP contribution is -2.42. The van der Waals surface area contributed by atoms with Crippen LogP contribution < -0.4 is 19.5 Å². The maximum Gasteiger partial charge on any atom is 0.251 e. The standard InChI is InChI=1S/C25H27N3O5/c1-31-21-12-17(13-22(32-2)24(21)33-3)25(30)27-15-23(29)28-10-8-16(9-11-28)19-14-26-20-7-5-4-6-18(19)20/h4-8,12-14,26H,9-11,15H2,1-3H3,(H,27,30). The summed E-state index contributed by atoms with van der Waals surface area (Å²) >= 11 is 0. The van der Waals surface area contributed by atoms with Crippen LogP contribution in [0.4, 0.5) is 0 Å². The van der Waals surface area contributed by atoms with Crippen LogP contribution in [0, 0.1) is 0 Å². The highest BCUT2D eigenvalue weighted by Crippen LogP contribution is 2.38. The molecule has 33 heavy (non-hydrogen) atoms. The average Bonchev–Trinajstić information content (AvgIpc) is 3.30. The number of nitrogens with zero attached hydrogens (tertiary/aromatic N) is 1. The third-order valence-corrected chi connectivity index (χ3v) is 5.82. The van der Waals surface area contributed by atoms with Gasteiger partial charge in [-0.1, -0.05) is 24.3 Å². The number of methoxy groups -OCH3 is 3. The molecule has 0 bridgehead atoms. The summed E-state index contributed by atoms with van der Waals surface area (Å²) in [6, 6.07) is 11.3. The molecule has 0 saturated heterocycles. The van der Waals surface area contributed by atoms with Crippen LogP contribution in [0.15, 0.2) is 48.7 Å². The van der Waals surface area contributed by atoms with Gasteiger partial charge in [-0.05, 0) is 30.2 Å². The first-order chi connectivity index (χ1) is 16.0. The monoisotopic (exact) mass is 449 g/mol. The topological polar surface area (TPSA) is 92.9 Å². The fourth-order valence-corrected chi connectivity index (χ4v) is 4.06. The van der Waals surface area contributed by atoms with Crippen LogP contribution in [-0.4, -0.2) is 62.7 Å². The number of rotatable bonds is 7. The van der Waals surface area contributed by atoms with Crippen LogP contribution in [0.25, 0.3) is 16.5 Å². The number of aromatic amines is 1. The van der Waals surface area contributed by atoms with Crippen LogP contribution in [0.2, 0.25) is 0 Å². The van der Waals surface area contributed by atoms with E-state index in [1.54, 1.807) is 17.0 Å². The van der Waals surface area contributed by atoms with Gasteiger partial charge in [0, 0.05) is 41.3 Å². The molecule has 2 N–H and O–H groups in total. The molecule has 3 aromatic rings. The molecule has 4 rings (SSSR count). The Morgan fingerprint density at radius 1 is 1.06 bits per heavy atom. The second kappa shape index (κ2) is 9.68. The Morgan fingerprint density at radius 3 is 2.42 bits per heavy atom. The average molecular weight is 450 g/mol. The van der Waals surface area contributed by atoms with Crippen molar-refractivity contribution >= 4 is 28.3 Å². The molecule has 0 fully saturated rings. The number of carbonyl (C=O) groups is 2.